The molecule has 3 atom stereocenters. The second-order valence-corrected chi connectivity index (χ2v) is 7.64. The Morgan fingerprint density at radius 1 is 0.967 bits per heavy atom. The van der Waals surface area contributed by atoms with E-state index in [1.165, 1.54) is 12.1 Å². The SMILES string of the molecule is CC(C(=O)O)C1(c2ccc([N+](=O)[O-])cc2)CN1C(c1ccccc1)c1ccccc1. The molecular weight excluding hydrogens is 380 g/mol. The highest BCUT2D eigenvalue weighted by molar-refractivity contribution is 5.73. The lowest BCUT2D eigenvalue weighted by Crippen LogP contribution is -2.32. The summed E-state index contributed by atoms with van der Waals surface area (Å²) in [6.07, 6.45) is 0. The number of benzene rings is 3. The number of aliphatic carboxylic acids is 1. The van der Waals surface area contributed by atoms with E-state index in [1.807, 2.05) is 60.7 Å². The van der Waals surface area contributed by atoms with Crippen LogP contribution in [0.3, 0.4) is 0 Å². The summed E-state index contributed by atoms with van der Waals surface area (Å²) in [5, 5.41) is 20.9. The molecule has 3 unspecified atom stereocenters. The van der Waals surface area contributed by atoms with Gasteiger partial charge >= 0.3 is 5.97 Å². The predicted molar refractivity (Wildman–Crippen MR) is 113 cm³/mol. The molecule has 6 nitrogen and oxygen atoms in total. The van der Waals surface area contributed by atoms with Crippen LogP contribution < -0.4 is 0 Å². The first-order valence-corrected chi connectivity index (χ1v) is 9.79. The van der Waals surface area contributed by atoms with Crippen LogP contribution in [0.4, 0.5) is 5.69 Å². The maximum absolute atomic E-state index is 12.0. The van der Waals surface area contributed by atoms with E-state index in [0.717, 1.165) is 16.7 Å². The van der Waals surface area contributed by atoms with Crippen LogP contribution >= 0.6 is 0 Å². The number of hydrogen-bond donors (Lipinski definition) is 1. The molecule has 1 aliphatic rings. The molecule has 0 aliphatic carbocycles. The van der Waals surface area contributed by atoms with Crippen LogP contribution in [0, 0.1) is 16.0 Å². The maximum Gasteiger partial charge on any atom is 0.308 e. The minimum absolute atomic E-state index is 0.00764. The van der Waals surface area contributed by atoms with E-state index >= 15 is 0 Å². The number of nitrogens with zero attached hydrogens (tertiary/aromatic N) is 2. The van der Waals surface area contributed by atoms with Crippen molar-refractivity contribution in [3.05, 3.63) is 112 Å². The normalized spacial score (nSPS) is 21.2. The third-order valence-corrected chi connectivity index (χ3v) is 6.03. The summed E-state index contributed by atoms with van der Waals surface area (Å²) in [7, 11) is 0. The van der Waals surface area contributed by atoms with Crippen LogP contribution in [-0.2, 0) is 10.3 Å². The van der Waals surface area contributed by atoms with Gasteiger partial charge in [0.2, 0.25) is 0 Å². The second kappa shape index (κ2) is 7.72. The molecule has 4 rings (SSSR count). The molecule has 3 aromatic rings. The molecule has 1 N–H and O–H groups in total. The Morgan fingerprint density at radius 2 is 1.47 bits per heavy atom. The highest BCUT2D eigenvalue weighted by Crippen LogP contribution is 2.55. The summed E-state index contributed by atoms with van der Waals surface area (Å²) in [6, 6.07) is 26.1. The Bertz CT molecular complexity index is 1010. The number of rotatable bonds is 7. The van der Waals surface area contributed by atoms with Crippen molar-refractivity contribution in [2.75, 3.05) is 6.54 Å². The molecule has 1 heterocycles. The predicted octanol–water partition coefficient (Wildman–Crippen LogP) is 4.62. The number of carboxylic acids is 1. The van der Waals surface area contributed by atoms with Gasteiger partial charge in [-0.2, -0.15) is 0 Å². The number of nitro groups is 1. The summed E-state index contributed by atoms with van der Waals surface area (Å²) >= 11 is 0. The highest BCUT2D eigenvalue weighted by atomic mass is 16.6. The number of non-ortho nitro benzene ring substituents is 1. The summed E-state index contributed by atoms with van der Waals surface area (Å²) in [5.74, 6) is -1.58. The van der Waals surface area contributed by atoms with E-state index in [2.05, 4.69) is 4.90 Å². The second-order valence-electron chi connectivity index (χ2n) is 7.64. The van der Waals surface area contributed by atoms with Crippen molar-refractivity contribution in [3.63, 3.8) is 0 Å². The van der Waals surface area contributed by atoms with Crippen molar-refractivity contribution < 1.29 is 14.8 Å². The maximum atomic E-state index is 12.0. The molecule has 1 fully saturated rings. The van der Waals surface area contributed by atoms with Gasteiger partial charge in [-0.05, 0) is 23.6 Å². The van der Waals surface area contributed by atoms with Crippen LogP contribution in [0.25, 0.3) is 0 Å². The largest absolute Gasteiger partial charge is 0.481 e. The molecule has 0 aromatic heterocycles. The van der Waals surface area contributed by atoms with Gasteiger partial charge < -0.3 is 5.11 Å². The molecule has 152 valence electrons. The van der Waals surface area contributed by atoms with Gasteiger partial charge in [0.15, 0.2) is 0 Å². The van der Waals surface area contributed by atoms with Crippen LogP contribution in [0.5, 0.6) is 0 Å². The molecule has 1 aliphatic heterocycles. The fraction of sp³-hybridized carbons (Fsp3) is 0.208. The van der Waals surface area contributed by atoms with Crippen LogP contribution in [0.1, 0.15) is 29.7 Å². The van der Waals surface area contributed by atoms with Crippen molar-refractivity contribution in [3.8, 4) is 0 Å². The Hall–Kier alpha value is -3.51. The van der Waals surface area contributed by atoms with E-state index in [4.69, 9.17) is 0 Å². The molecule has 30 heavy (non-hydrogen) atoms. The standard InChI is InChI=1S/C24H22N2O4/c1-17(23(27)28)24(20-12-14-21(15-13-20)26(29)30)16-25(24)22(18-8-4-2-5-9-18)19-10-6-3-7-11-19/h2-15,17,22H,16H2,1H3,(H,27,28). The van der Waals surface area contributed by atoms with E-state index in [1.54, 1.807) is 19.1 Å². The molecule has 1 saturated heterocycles. The zero-order chi connectivity index (χ0) is 21.3. The number of nitro benzene ring substituents is 1. The van der Waals surface area contributed by atoms with Crippen molar-refractivity contribution in [2.45, 2.75) is 18.5 Å². The Labute approximate surface area is 174 Å². The molecule has 6 heteroatoms. The third kappa shape index (κ3) is 3.35. The van der Waals surface area contributed by atoms with E-state index in [9.17, 15) is 20.0 Å². The number of carbonyl (C=O) groups is 1. The zero-order valence-corrected chi connectivity index (χ0v) is 16.5. The fourth-order valence-electron chi connectivity index (χ4n) is 4.34. The summed E-state index contributed by atoms with van der Waals surface area (Å²) in [4.78, 5) is 24.8. The molecule has 0 spiro atoms. The summed E-state index contributed by atoms with van der Waals surface area (Å²) < 4.78 is 0. The minimum Gasteiger partial charge on any atom is -0.481 e. The average molecular weight is 402 g/mol. The van der Waals surface area contributed by atoms with Crippen molar-refractivity contribution in [1.29, 1.82) is 0 Å². The minimum atomic E-state index is -0.893. The van der Waals surface area contributed by atoms with Gasteiger partial charge in [0.05, 0.1) is 22.4 Å². The Morgan fingerprint density at radius 3 is 1.90 bits per heavy atom. The lowest BCUT2D eigenvalue weighted by molar-refractivity contribution is -0.384. The number of carboxylic acid groups (broad SMARTS) is 1. The Balaban J connectivity index is 1.81. The van der Waals surface area contributed by atoms with Crippen molar-refractivity contribution >= 4 is 11.7 Å². The van der Waals surface area contributed by atoms with Gasteiger partial charge in [-0.3, -0.25) is 19.8 Å². The first kappa shape index (κ1) is 19.8. The van der Waals surface area contributed by atoms with E-state index in [0.29, 0.717) is 6.54 Å². The average Bonchev–Trinajstić information content (AvgIpc) is 3.51. The fourth-order valence-corrected chi connectivity index (χ4v) is 4.34. The summed E-state index contributed by atoms with van der Waals surface area (Å²) in [5.41, 5.74) is 2.18. The van der Waals surface area contributed by atoms with Crippen LogP contribution in [-0.4, -0.2) is 27.4 Å². The molecule has 0 saturated carbocycles. The van der Waals surface area contributed by atoms with E-state index in [-0.39, 0.29) is 11.7 Å². The molecule has 0 amide bonds. The zero-order valence-electron chi connectivity index (χ0n) is 16.5. The lowest BCUT2D eigenvalue weighted by Gasteiger charge is -2.28. The van der Waals surface area contributed by atoms with Crippen molar-refractivity contribution in [2.24, 2.45) is 5.92 Å². The van der Waals surface area contributed by atoms with Gasteiger partial charge in [-0.15, -0.1) is 0 Å². The lowest BCUT2D eigenvalue weighted by atomic mass is 9.85. The number of hydrogen-bond acceptors (Lipinski definition) is 4. The quantitative estimate of drug-likeness (QED) is 0.354. The third-order valence-electron chi connectivity index (χ3n) is 6.03. The molecular formula is C24H22N2O4. The van der Waals surface area contributed by atoms with Gasteiger partial charge in [-0.25, -0.2) is 0 Å². The molecule has 0 radical (unpaired) electrons. The van der Waals surface area contributed by atoms with Crippen molar-refractivity contribution in [1.82, 2.24) is 4.90 Å². The molecule has 0 bridgehead atoms. The molecule has 3 aromatic carbocycles. The van der Waals surface area contributed by atoms with Crippen LogP contribution in [0.15, 0.2) is 84.9 Å². The van der Waals surface area contributed by atoms with Gasteiger partial charge in [0.1, 0.15) is 0 Å². The van der Waals surface area contributed by atoms with Crippen LogP contribution in [0.2, 0.25) is 0 Å². The highest BCUT2D eigenvalue weighted by Gasteiger charge is 2.62. The monoisotopic (exact) mass is 402 g/mol. The first-order chi connectivity index (χ1) is 14.4. The smallest absolute Gasteiger partial charge is 0.308 e. The summed E-state index contributed by atoms with van der Waals surface area (Å²) in [6.45, 7) is 2.25. The Kier molecular flexibility index (Phi) is 5.10. The van der Waals surface area contributed by atoms with E-state index < -0.39 is 22.3 Å². The first-order valence-electron chi connectivity index (χ1n) is 9.79. The van der Waals surface area contributed by atoms with Gasteiger partial charge in [-0.1, -0.05) is 72.8 Å². The van der Waals surface area contributed by atoms with Gasteiger partial charge in [0.25, 0.3) is 5.69 Å². The van der Waals surface area contributed by atoms with Gasteiger partial charge in [0, 0.05) is 18.7 Å². The topological polar surface area (TPSA) is 83.5 Å².